The van der Waals surface area contributed by atoms with E-state index >= 15 is 0 Å². The summed E-state index contributed by atoms with van der Waals surface area (Å²) in [7, 11) is 0. The zero-order chi connectivity index (χ0) is 15.2. The van der Waals surface area contributed by atoms with Gasteiger partial charge in [-0.25, -0.2) is 4.79 Å². The minimum Gasteiger partial charge on any atom is -0.338 e. The maximum absolute atomic E-state index is 11.7. The summed E-state index contributed by atoms with van der Waals surface area (Å²) in [6.07, 6.45) is 17.1. The lowest BCUT2D eigenvalue weighted by Gasteiger charge is -2.21. The van der Waals surface area contributed by atoms with Gasteiger partial charge < -0.3 is 10.6 Å². The average Bonchev–Trinajstić information content (AvgIpc) is 2.52. The third-order valence-corrected chi connectivity index (χ3v) is 4.59. The minimum absolute atomic E-state index is 0.0310. The fraction of sp³-hybridized carbons (Fsp3) is 0.944. The predicted octanol–water partition coefficient (Wildman–Crippen LogP) is 5.01. The predicted molar refractivity (Wildman–Crippen MR) is 90.6 cm³/mol. The van der Waals surface area contributed by atoms with E-state index in [1.54, 1.807) is 0 Å². The van der Waals surface area contributed by atoms with Gasteiger partial charge in [0.25, 0.3) is 0 Å². The van der Waals surface area contributed by atoms with Gasteiger partial charge in [-0.1, -0.05) is 71.1 Å². The second-order valence-electron chi connectivity index (χ2n) is 6.62. The Morgan fingerprint density at radius 3 is 2.14 bits per heavy atom. The molecule has 0 aromatic heterocycles. The van der Waals surface area contributed by atoms with Gasteiger partial charge in [-0.2, -0.15) is 0 Å². The summed E-state index contributed by atoms with van der Waals surface area (Å²) in [5, 5.41) is 6.01. The van der Waals surface area contributed by atoms with E-state index in [0.29, 0.717) is 5.92 Å². The third kappa shape index (κ3) is 10.6. The Balaban J connectivity index is 1.82. The van der Waals surface area contributed by atoms with Crippen molar-refractivity contribution in [2.24, 2.45) is 5.92 Å². The lowest BCUT2D eigenvalue weighted by molar-refractivity contribution is 0.236. The summed E-state index contributed by atoms with van der Waals surface area (Å²) in [5.74, 6) is 0.715. The van der Waals surface area contributed by atoms with Crippen LogP contribution in [0.5, 0.6) is 0 Å². The standard InChI is InChI=1S/C18H36N2O/c1-2-3-4-5-6-7-8-12-15-19-18(21)20-16-17-13-10-9-11-14-17/h17H,2-16H2,1H3,(H2,19,20,21). The molecule has 0 bridgehead atoms. The first-order valence-electron chi connectivity index (χ1n) is 9.34. The molecule has 1 fully saturated rings. The van der Waals surface area contributed by atoms with Gasteiger partial charge in [-0.3, -0.25) is 0 Å². The first-order valence-corrected chi connectivity index (χ1v) is 9.34. The second-order valence-corrected chi connectivity index (χ2v) is 6.62. The molecule has 1 aliphatic rings. The van der Waals surface area contributed by atoms with Crippen LogP contribution in [0.4, 0.5) is 4.79 Å². The van der Waals surface area contributed by atoms with Gasteiger partial charge in [0.2, 0.25) is 0 Å². The largest absolute Gasteiger partial charge is 0.338 e. The normalized spacial score (nSPS) is 15.9. The molecule has 3 nitrogen and oxygen atoms in total. The monoisotopic (exact) mass is 296 g/mol. The molecule has 124 valence electrons. The first-order chi connectivity index (χ1) is 10.3. The molecular formula is C18H36N2O. The molecule has 1 saturated carbocycles. The summed E-state index contributed by atoms with van der Waals surface area (Å²) < 4.78 is 0. The van der Waals surface area contributed by atoms with E-state index in [4.69, 9.17) is 0 Å². The van der Waals surface area contributed by atoms with Crippen LogP contribution in [-0.2, 0) is 0 Å². The highest BCUT2D eigenvalue weighted by Gasteiger charge is 2.13. The van der Waals surface area contributed by atoms with Crippen LogP contribution in [0.3, 0.4) is 0 Å². The molecule has 0 spiro atoms. The van der Waals surface area contributed by atoms with Gasteiger partial charge >= 0.3 is 6.03 Å². The van der Waals surface area contributed by atoms with Crippen molar-refractivity contribution >= 4 is 6.03 Å². The van der Waals surface area contributed by atoms with Crippen molar-refractivity contribution in [1.29, 1.82) is 0 Å². The van der Waals surface area contributed by atoms with Gasteiger partial charge in [0, 0.05) is 13.1 Å². The molecule has 21 heavy (non-hydrogen) atoms. The van der Waals surface area contributed by atoms with Crippen LogP contribution in [0.2, 0.25) is 0 Å². The Bertz CT molecular complexity index is 250. The number of carbonyl (C=O) groups excluding carboxylic acids is 1. The van der Waals surface area contributed by atoms with Crippen molar-refractivity contribution in [1.82, 2.24) is 10.6 Å². The van der Waals surface area contributed by atoms with Crippen molar-refractivity contribution in [3.8, 4) is 0 Å². The molecule has 1 aliphatic carbocycles. The first kappa shape index (κ1) is 18.3. The van der Waals surface area contributed by atoms with Gasteiger partial charge in [0.15, 0.2) is 0 Å². The molecular weight excluding hydrogens is 260 g/mol. The van der Waals surface area contributed by atoms with Gasteiger partial charge in [-0.05, 0) is 25.2 Å². The van der Waals surface area contributed by atoms with Gasteiger partial charge in [0.05, 0.1) is 0 Å². The molecule has 1 rings (SSSR count). The van der Waals surface area contributed by atoms with E-state index < -0.39 is 0 Å². The van der Waals surface area contributed by atoms with Crippen LogP contribution < -0.4 is 10.6 Å². The maximum Gasteiger partial charge on any atom is 0.314 e. The fourth-order valence-corrected chi connectivity index (χ4v) is 3.15. The number of amides is 2. The van der Waals surface area contributed by atoms with Gasteiger partial charge in [-0.15, -0.1) is 0 Å². The number of carbonyl (C=O) groups is 1. The number of unbranched alkanes of at least 4 members (excludes halogenated alkanes) is 7. The molecule has 3 heteroatoms. The van der Waals surface area contributed by atoms with E-state index in [2.05, 4.69) is 17.6 Å². The third-order valence-electron chi connectivity index (χ3n) is 4.59. The summed E-state index contributed by atoms with van der Waals surface area (Å²) in [4.78, 5) is 11.7. The SMILES string of the molecule is CCCCCCCCCCNC(=O)NCC1CCCCC1. The van der Waals surface area contributed by atoms with E-state index in [1.807, 2.05) is 0 Å². The van der Waals surface area contributed by atoms with E-state index in [1.165, 1.54) is 77.0 Å². The molecule has 0 aromatic carbocycles. The Kier molecular flexibility index (Phi) is 11.3. The smallest absolute Gasteiger partial charge is 0.314 e. The molecule has 2 amide bonds. The highest BCUT2D eigenvalue weighted by atomic mass is 16.2. The van der Waals surface area contributed by atoms with Crippen LogP contribution in [0.15, 0.2) is 0 Å². The van der Waals surface area contributed by atoms with Crippen molar-refractivity contribution in [2.75, 3.05) is 13.1 Å². The topological polar surface area (TPSA) is 41.1 Å². The molecule has 0 radical (unpaired) electrons. The fourth-order valence-electron chi connectivity index (χ4n) is 3.15. The van der Waals surface area contributed by atoms with E-state index in [0.717, 1.165) is 19.5 Å². The van der Waals surface area contributed by atoms with Gasteiger partial charge in [0.1, 0.15) is 0 Å². The van der Waals surface area contributed by atoms with Crippen molar-refractivity contribution in [2.45, 2.75) is 90.4 Å². The average molecular weight is 296 g/mol. The molecule has 0 saturated heterocycles. The highest BCUT2D eigenvalue weighted by molar-refractivity contribution is 5.73. The van der Waals surface area contributed by atoms with E-state index in [9.17, 15) is 4.79 Å². The van der Waals surface area contributed by atoms with Crippen molar-refractivity contribution in [3.05, 3.63) is 0 Å². The molecule has 0 heterocycles. The highest BCUT2D eigenvalue weighted by Crippen LogP contribution is 2.22. The Labute approximate surface area is 131 Å². The lowest BCUT2D eigenvalue weighted by atomic mass is 9.89. The van der Waals surface area contributed by atoms with E-state index in [-0.39, 0.29) is 6.03 Å². The zero-order valence-electron chi connectivity index (χ0n) is 14.1. The molecule has 0 atom stereocenters. The summed E-state index contributed by atoms with van der Waals surface area (Å²) in [6, 6.07) is 0.0310. The second kappa shape index (κ2) is 13.0. The molecule has 2 N–H and O–H groups in total. The van der Waals surface area contributed by atoms with Crippen LogP contribution in [-0.4, -0.2) is 19.1 Å². The lowest BCUT2D eigenvalue weighted by Crippen LogP contribution is -2.39. The van der Waals surface area contributed by atoms with Crippen LogP contribution in [0.1, 0.15) is 90.4 Å². The quantitative estimate of drug-likeness (QED) is 0.517. The minimum atomic E-state index is 0.0310. The summed E-state index contributed by atoms with van der Waals surface area (Å²) in [6.45, 7) is 3.94. The van der Waals surface area contributed by atoms with Crippen LogP contribution in [0.25, 0.3) is 0 Å². The molecule has 0 aliphatic heterocycles. The number of hydrogen-bond donors (Lipinski definition) is 2. The molecule has 0 unspecified atom stereocenters. The number of nitrogens with one attached hydrogen (secondary N) is 2. The summed E-state index contributed by atoms with van der Waals surface area (Å²) in [5.41, 5.74) is 0. The zero-order valence-corrected chi connectivity index (χ0v) is 14.1. The number of rotatable bonds is 11. The Morgan fingerprint density at radius 2 is 1.48 bits per heavy atom. The Morgan fingerprint density at radius 1 is 0.857 bits per heavy atom. The van der Waals surface area contributed by atoms with Crippen molar-refractivity contribution in [3.63, 3.8) is 0 Å². The van der Waals surface area contributed by atoms with Crippen molar-refractivity contribution < 1.29 is 4.79 Å². The number of urea groups is 1. The number of hydrogen-bond acceptors (Lipinski definition) is 1. The van der Waals surface area contributed by atoms with Crippen LogP contribution >= 0.6 is 0 Å². The maximum atomic E-state index is 11.7. The molecule has 0 aromatic rings. The summed E-state index contributed by atoms with van der Waals surface area (Å²) >= 11 is 0. The Hall–Kier alpha value is -0.730. The van der Waals surface area contributed by atoms with Crippen LogP contribution in [0, 0.1) is 5.92 Å².